The molecule has 0 aliphatic heterocycles. The molecule has 1 unspecified atom stereocenters. The van der Waals surface area contributed by atoms with Crippen molar-refractivity contribution < 1.29 is 4.74 Å². The number of unbranched alkanes of at least 4 members (excludes halogenated alkanes) is 1. The van der Waals surface area contributed by atoms with Crippen molar-refractivity contribution in [2.75, 3.05) is 20.2 Å². The molecule has 0 saturated carbocycles. The van der Waals surface area contributed by atoms with E-state index in [1.54, 1.807) is 7.11 Å². The van der Waals surface area contributed by atoms with Crippen LogP contribution in [0.1, 0.15) is 61.2 Å². The van der Waals surface area contributed by atoms with Gasteiger partial charge in [0.2, 0.25) is 0 Å². The monoisotopic (exact) mass is 384 g/mol. The number of hydrogen-bond acceptors (Lipinski definition) is 5. The molecule has 0 radical (unpaired) electrons. The third-order valence-electron chi connectivity index (χ3n) is 5.58. The van der Waals surface area contributed by atoms with Crippen LogP contribution in [0.25, 0.3) is 0 Å². The van der Waals surface area contributed by atoms with E-state index in [1.807, 2.05) is 18.5 Å². The first kappa shape index (κ1) is 22.5. The first-order valence-electron chi connectivity index (χ1n) is 10.3. The summed E-state index contributed by atoms with van der Waals surface area (Å²) in [5.41, 5.74) is 11.2. The summed E-state index contributed by atoms with van der Waals surface area (Å²) in [6.45, 7) is 11.8. The summed E-state index contributed by atoms with van der Waals surface area (Å²) in [5.74, 6) is 0. The van der Waals surface area contributed by atoms with Crippen LogP contribution in [0.3, 0.4) is 0 Å². The molecule has 0 aliphatic rings. The minimum atomic E-state index is -0.329. The molecule has 2 aromatic rings. The zero-order valence-electron chi connectivity index (χ0n) is 18.2. The van der Waals surface area contributed by atoms with Crippen LogP contribution in [0.4, 0.5) is 0 Å². The molecule has 0 amide bonds. The molecule has 2 heterocycles. The number of nitrogens with two attached hydrogens (primary N) is 1. The normalized spacial score (nSPS) is 13.7. The lowest BCUT2D eigenvalue weighted by Gasteiger charge is -2.31. The van der Waals surface area contributed by atoms with Gasteiger partial charge in [-0.3, -0.25) is 14.9 Å². The molecule has 0 saturated heterocycles. The van der Waals surface area contributed by atoms with E-state index in [4.69, 9.17) is 15.5 Å². The van der Waals surface area contributed by atoms with Gasteiger partial charge in [-0.1, -0.05) is 19.1 Å². The second-order valence-electron chi connectivity index (χ2n) is 7.77. The maximum Gasteiger partial charge on any atom is 0.0914 e. The largest absolute Gasteiger partial charge is 0.374 e. The third-order valence-corrected chi connectivity index (χ3v) is 5.58. The standard InChI is InChI=1S/C23H36N4O/c1-6-23(4,28-5)20-10-9-12-25-22(20)17-27(13-8-7-11-24)16-21-19(3)14-18(2)15-26-21/h9-10,12,14-15H,6-8,11,13,16-17,24H2,1-5H3. The van der Waals surface area contributed by atoms with Crippen molar-refractivity contribution in [3.05, 3.63) is 58.7 Å². The van der Waals surface area contributed by atoms with Crippen LogP contribution in [0.2, 0.25) is 0 Å². The van der Waals surface area contributed by atoms with Gasteiger partial charge in [0.05, 0.1) is 17.0 Å². The van der Waals surface area contributed by atoms with E-state index < -0.39 is 0 Å². The molecule has 0 aromatic carbocycles. The lowest BCUT2D eigenvalue weighted by atomic mass is 9.91. The molecule has 0 fully saturated rings. The summed E-state index contributed by atoms with van der Waals surface area (Å²) in [5, 5.41) is 0. The maximum absolute atomic E-state index is 5.86. The molecule has 2 N–H and O–H groups in total. The van der Waals surface area contributed by atoms with Gasteiger partial charge in [-0.2, -0.15) is 0 Å². The van der Waals surface area contributed by atoms with Gasteiger partial charge in [0.1, 0.15) is 0 Å². The van der Waals surface area contributed by atoms with Crippen molar-refractivity contribution in [2.24, 2.45) is 5.73 Å². The molecule has 5 nitrogen and oxygen atoms in total. The van der Waals surface area contributed by atoms with Crippen LogP contribution in [-0.2, 0) is 23.4 Å². The van der Waals surface area contributed by atoms with Crippen molar-refractivity contribution >= 4 is 0 Å². The highest BCUT2D eigenvalue weighted by Crippen LogP contribution is 2.30. The van der Waals surface area contributed by atoms with E-state index >= 15 is 0 Å². The van der Waals surface area contributed by atoms with E-state index in [2.05, 4.69) is 49.7 Å². The number of rotatable bonds is 11. The van der Waals surface area contributed by atoms with Crippen LogP contribution >= 0.6 is 0 Å². The number of nitrogens with zero attached hydrogens (tertiary/aromatic N) is 3. The molecule has 0 spiro atoms. The van der Waals surface area contributed by atoms with Gasteiger partial charge in [0, 0.05) is 38.2 Å². The topological polar surface area (TPSA) is 64.3 Å². The summed E-state index contributed by atoms with van der Waals surface area (Å²) in [7, 11) is 1.78. The second-order valence-corrected chi connectivity index (χ2v) is 7.77. The highest BCUT2D eigenvalue weighted by Gasteiger charge is 2.28. The lowest BCUT2D eigenvalue weighted by molar-refractivity contribution is -0.00307. The Morgan fingerprint density at radius 1 is 1.14 bits per heavy atom. The first-order valence-corrected chi connectivity index (χ1v) is 10.3. The number of hydrogen-bond donors (Lipinski definition) is 1. The fourth-order valence-electron chi connectivity index (χ4n) is 3.52. The highest BCUT2D eigenvalue weighted by molar-refractivity contribution is 5.27. The average Bonchev–Trinajstić information content (AvgIpc) is 2.70. The van der Waals surface area contributed by atoms with Gasteiger partial charge in [-0.25, -0.2) is 0 Å². The van der Waals surface area contributed by atoms with Crippen LogP contribution in [-0.4, -0.2) is 35.1 Å². The fourth-order valence-corrected chi connectivity index (χ4v) is 3.52. The summed E-state index contributed by atoms with van der Waals surface area (Å²) in [6.07, 6.45) is 6.81. The predicted molar refractivity (Wildman–Crippen MR) is 115 cm³/mol. The van der Waals surface area contributed by atoms with Gasteiger partial charge < -0.3 is 10.5 Å². The molecule has 154 valence electrons. The molecule has 0 aliphatic carbocycles. The Morgan fingerprint density at radius 2 is 1.89 bits per heavy atom. The average molecular weight is 385 g/mol. The second kappa shape index (κ2) is 10.6. The summed E-state index contributed by atoms with van der Waals surface area (Å²) >= 11 is 0. The van der Waals surface area contributed by atoms with Gasteiger partial charge in [0.15, 0.2) is 0 Å². The molecule has 5 heteroatoms. The van der Waals surface area contributed by atoms with E-state index in [-0.39, 0.29) is 5.60 Å². The van der Waals surface area contributed by atoms with Crippen LogP contribution < -0.4 is 5.73 Å². The first-order chi connectivity index (χ1) is 13.4. The van der Waals surface area contributed by atoms with Gasteiger partial charge >= 0.3 is 0 Å². The Balaban J connectivity index is 2.28. The van der Waals surface area contributed by atoms with E-state index in [0.717, 1.165) is 62.4 Å². The van der Waals surface area contributed by atoms with E-state index in [0.29, 0.717) is 0 Å². The summed E-state index contributed by atoms with van der Waals surface area (Å²) in [6, 6.07) is 6.34. The molecule has 1 atom stereocenters. The van der Waals surface area contributed by atoms with Crippen molar-refractivity contribution in [1.29, 1.82) is 0 Å². The molecule has 2 rings (SSSR count). The van der Waals surface area contributed by atoms with Crippen molar-refractivity contribution in [3.63, 3.8) is 0 Å². The predicted octanol–water partition coefficient (Wildman–Crippen LogP) is 4.11. The maximum atomic E-state index is 5.86. The fraction of sp³-hybridized carbons (Fsp3) is 0.565. The summed E-state index contributed by atoms with van der Waals surface area (Å²) in [4.78, 5) is 11.8. The Bertz CT molecular complexity index is 743. The summed E-state index contributed by atoms with van der Waals surface area (Å²) < 4.78 is 5.86. The van der Waals surface area contributed by atoms with Gasteiger partial charge in [-0.15, -0.1) is 0 Å². The van der Waals surface area contributed by atoms with E-state index in [9.17, 15) is 0 Å². The zero-order chi connectivity index (χ0) is 20.6. The molecule has 2 aromatic heterocycles. The smallest absolute Gasteiger partial charge is 0.0914 e. The Hall–Kier alpha value is -1.82. The minimum Gasteiger partial charge on any atom is -0.374 e. The highest BCUT2D eigenvalue weighted by atomic mass is 16.5. The van der Waals surface area contributed by atoms with Gasteiger partial charge in [0.25, 0.3) is 0 Å². The van der Waals surface area contributed by atoms with E-state index in [1.165, 1.54) is 11.1 Å². The third kappa shape index (κ3) is 5.84. The molecular weight excluding hydrogens is 348 g/mol. The number of aryl methyl sites for hydroxylation is 2. The van der Waals surface area contributed by atoms with Crippen LogP contribution in [0.15, 0.2) is 30.6 Å². The number of ether oxygens (including phenoxy) is 1. The Labute approximate surface area is 170 Å². The Morgan fingerprint density at radius 3 is 2.54 bits per heavy atom. The van der Waals surface area contributed by atoms with Crippen molar-refractivity contribution in [1.82, 2.24) is 14.9 Å². The molecule has 28 heavy (non-hydrogen) atoms. The van der Waals surface area contributed by atoms with Crippen LogP contribution in [0, 0.1) is 13.8 Å². The molecule has 0 bridgehead atoms. The van der Waals surface area contributed by atoms with Gasteiger partial charge in [-0.05, 0) is 70.3 Å². The molecular formula is C23H36N4O. The SMILES string of the molecule is CCC(C)(OC)c1cccnc1CN(CCCCN)Cc1ncc(C)cc1C. The number of pyridine rings is 2. The minimum absolute atomic E-state index is 0.329. The zero-order valence-corrected chi connectivity index (χ0v) is 18.2. The van der Waals surface area contributed by atoms with Crippen molar-refractivity contribution in [3.8, 4) is 0 Å². The number of aromatic nitrogens is 2. The van der Waals surface area contributed by atoms with Crippen LogP contribution in [0.5, 0.6) is 0 Å². The lowest BCUT2D eigenvalue weighted by Crippen LogP contribution is -2.30. The Kier molecular flexibility index (Phi) is 8.55. The van der Waals surface area contributed by atoms with Crippen molar-refractivity contribution in [2.45, 2.75) is 65.6 Å². The quantitative estimate of drug-likeness (QED) is 0.591. The number of methoxy groups -OCH3 is 1.